The molecule has 3 nitrogen and oxygen atoms in total. The van der Waals surface area contributed by atoms with Crippen LogP contribution in [0.3, 0.4) is 0 Å². The first-order valence-corrected chi connectivity index (χ1v) is 8.15. The van der Waals surface area contributed by atoms with Crippen LogP contribution in [0.25, 0.3) is 0 Å². The highest BCUT2D eigenvalue weighted by Crippen LogP contribution is 2.17. The van der Waals surface area contributed by atoms with E-state index in [1.54, 1.807) is 0 Å². The summed E-state index contributed by atoms with van der Waals surface area (Å²) in [6.07, 6.45) is 1.05. The molecule has 0 saturated carbocycles. The van der Waals surface area contributed by atoms with Gasteiger partial charge in [0, 0.05) is 11.4 Å². The van der Waals surface area contributed by atoms with Crippen LogP contribution in [0.5, 0.6) is 5.75 Å². The van der Waals surface area contributed by atoms with Crippen LogP contribution in [0.4, 0.5) is 0 Å². The van der Waals surface area contributed by atoms with Crippen molar-refractivity contribution in [1.29, 1.82) is 0 Å². The number of aryl methyl sites for hydroxylation is 2. The number of halogens is 1. The third-order valence-corrected chi connectivity index (χ3v) is 3.94. The predicted octanol–water partition coefficient (Wildman–Crippen LogP) is 4.16. The maximum atomic E-state index is 12.0. The molecule has 4 heteroatoms. The summed E-state index contributed by atoms with van der Waals surface area (Å²) in [5.41, 5.74) is 2.08. The van der Waals surface area contributed by atoms with Crippen molar-refractivity contribution in [3.63, 3.8) is 0 Å². The number of ether oxygens (including phenoxy) is 1. The average molecular weight is 332 g/mol. The van der Waals surface area contributed by atoms with Gasteiger partial charge < -0.3 is 10.1 Å². The molecule has 0 aliphatic rings. The summed E-state index contributed by atoms with van der Waals surface area (Å²) in [6, 6.07) is 15.4. The number of hydrogen-bond acceptors (Lipinski definition) is 2. The Hall–Kier alpha value is -2.00. The second-order valence-corrected chi connectivity index (χ2v) is 6.04. The molecule has 0 heterocycles. The smallest absolute Gasteiger partial charge is 0.220 e. The summed E-state index contributed by atoms with van der Waals surface area (Å²) >= 11 is 6.09. The van der Waals surface area contributed by atoms with Crippen molar-refractivity contribution in [1.82, 2.24) is 5.32 Å². The monoisotopic (exact) mass is 331 g/mol. The van der Waals surface area contributed by atoms with Gasteiger partial charge >= 0.3 is 0 Å². The van der Waals surface area contributed by atoms with Crippen molar-refractivity contribution in [3.05, 3.63) is 64.7 Å². The van der Waals surface area contributed by atoms with Crippen molar-refractivity contribution in [2.75, 3.05) is 6.61 Å². The Labute approximate surface area is 142 Å². The standard InChI is InChI=1S/C19H22ClNO2/c1-14-7-3-6-10-18(14)23-13-15(2)21-19(22)12-11-16-8-4-5-9-17(16)20/h3-10,15H,11-13H2,1-2H3,(H,21,22)/t15-/m0/s1. The van der Waals surface area contributed by atoms with E-state index in [9.17, 15) is 4.79 Å². The molecule has 0 saturated heterocycles. The van der Waals surface area contributed by atoms with E-state index in [0.717, 1.165) is 16.9 Å². The Bertz CT molecular complexity index is 657. The van der Waals surface area contributed by atoms with Crippen molar-refractivity contribution in [2.24, 2.45) is 0 Å². The van der Waals surface area contributed by atoms with Crippen molar-refractivity contribution >= 4 is 17.5 Å². The van der Waals surface area contributed by atoms with Crippen molar-refractivity contribution in [3.8, 4) is 5.75 Å². The average Bonchev–Trinajstić information content (AvgIpc) is 2.53. The number of rotatable bonds is 7. The summed E-state index contributed by atoms with van der Waals surface area (Å²) in [5, 5.41) is 3.66. The van der Waals surface area contributed by atoms with Gasteiger partial charge in [0.15, 0.2) is 0 Å². The third-order valence-electron chi connectivity index (χ3n) is 3.57. The SMILES string of the molecule is Cc1ccccc1OC[C@H](C)NC(=O)CCc1ccccc1Cl. The lowest BCUT2D eigenvalue weighted by atomic mass is 10.1. The van der Waals surface area contributed by atoms with Crippen molar-refractivity contribution in [2.45, 2.75) is 32.7 Å². The molecular weight excluding hydrogens is 310 g/mol. The lowest BCUT2D eigenvalue weighted by Gasteiger charge is -2.16. The minimum absolute atomic E-state index is 0.00537. The zero-order valence-electron chi connectivity index (χ0n) is 13.5. The van der Waals surface area contributed by atoms with Gasteiger partial charge in [-0.05, 0) is 43.5 Å². The molecule has 2 aromatic rings. The van der Waals surface area contributed by atoms with E-state index in [0.29, 0.717) is 24.5 Å². The van der Waals surface area contributed by atoms with E-state index >= 15 is 0 Å². The molecule has 0 radical (unpaired) electrons. The highest BCUT2D eigenvalue weighted by molar-refractivity contribution is 6.31. The molecule has 23 heavy (non-hydrogen) atoms. The predicted molar refractivity (Wildman–Crippen MR) is 94.1 cm³/mol. The number of carbonyl (C=O) groups excluding carboxylic acids is 1. The lowest BCUT2D eigenvalue weighted by molar-refractivity contribution is -0.121. The van der Waals surface area contributed by atoms with Crippen LogP contribution < -0.4 is 10.1 Å². The minimum atomic E-state index is -0.0478. The number of para-hydroxylation sites is 1. The summed E-state index contributed by atoms with van der Waals surface area (Å²) < 4.78 is 5.75. The zero-order valence-corrected chi connectivity index (χ0v) is 14.3. The Balaban J connectivity index is 1.74. The summed E-state index contributed by atoms with van der Waals surface area (Å²) in [6.45, 7) is 4.39. The van der Waals surface area contributed by atoms with Crippen LogP contribution in [0.2, 0.25) is 5.02 Å². The van der Waals surface area contributed by atoms with E-state index in [2.05, 4.69) is 5.32 Å². The lowest BCUT2D eigenvalue weighted by Crippen LogP contribution is -2.36. The fourth-order valence-electron chi connectivity index (χ4n) is 2.27. The van der Waals surface area contributed by atoms with Crippen LogP contribution >= 0.6 is 11.6 Å². The van der Waals surface area contributed by atoms with Gasteiger partial charge in [0.25, 0.3) is 0 Å². The van der Waals surface area contributed by atoms with Crippen molar-refractivity contribution < 1.29 is 9.53 Å². The maximum absolute atomic E-state index is 12.0. The second-order valence-electron chi connectivity index (χ2n) is 5.64. The Morgan fingerprint density at radius 1 is 1.17 bits per heavy atom. The molecule has 122 valence electrons. The first-order chi connectivity index (χ1) is 11.1. The minimum Gasteiger partial charge on any atom is -0.491 e. The molecule has 0 unspecified atom stereocenters. The fraction of sp³-hybridized carbons (Fsp3) is 0.316. The van der Waals surface area contributed by atoms with Gasteiger partial charge in [-0.3, -0.25) is 4.79 Å². The van der Waals surface area contributed by atoms with Gasteiger partial charge in [0.05, 0.1) is 6.04 Å². The maximum Gasteiger partial charge on any atom is 0.220 e. The Morgan fingerprint density at radius 2 is 1.87 bits per heavy atom. The second kappa shape index (κ2) is 8.59. The molecule has 2 rings (SSSR count). The van der Waals surface area contributed by atoms with Crippen LogP contribution in [0, 0.1) is 6.92 Å². The highest BCUT2D eigenvalue weighted by atomic mass is 35.5. The molecule has 0 aliphatic carbocycles. The fourth-order valence-corrected chi connectivity index (χ4v) is 2.50. The van der Waals surface area contributed by atoms with Gasteiger partial charge in [-0.25, -0.2) is 0 Å². The van der Waals surface area contributed by atoms with E-state index in [-0.39, 0.29) is 11.9 Å². The molecule has 0 bridgehead atoms. The van der Waals surface area contributed by atoms with Gasteiger partial charge in [-0.15, -0.1) is 0 Å². The quantitative estimate of drug-likeness (QED) is 0.827. The first-order valence-electron chi connectivity index (χ1n) is 7.77. The van der Waals surface area contributed by atoms with Crippen LogP contribution in [0.1, 0.15) is 24.5 Å². The van der Waals surface area contributed by atoms with Crippen LogP contribution in [-0.4, -0.2) is 18.6 Å². The molecule has 0 spiro atoms. The van der Waals surface area contributed by atoms with Gasteiger partial charge in [0.1, 0.15) is 12.4 Å². The molecule has 1 amide bonds. The van der Waals surface area contributed by atoms with E-state index in [1.165, 1.54) is 0 Å². The summed E-state index contributed by atoms with van der Waals surface area (Å²) in [7, 11) is 0. The first kappa shape index (κ1) is 17.4. The number of hydrogen-bond donors (Lipinski definition) is 1. The molecule has 2 aromatic carbocycles. The highest BCUT2D eigenvalue weighted by Gasteiger charge is 2.10. The van der Waals surface area contributed by atoms with Crippen LogP contribution in [0.15, 0.2) is 48.5 Å². The number of benzene rings is 2. The van der Waals surface area contributed by atoms with E-state index in [1.807, 2.05) is 62.4 Å². The number of nitrogens with one attached hydrogen (secondary N) is 1. The van der Waals surface area contributed by atoms with E-state index in [4.69, 9.17) is 16.3 Å². The molecule has 0 fully saturated rings. The molecule has 1 N–H and O–H groups in total. The van der Waals surface area contributed by atoms with Crippen LogP contribution in [-0.2, 0) is 11.2 Å². The van der Waals surface area contributed by atoms with Gasteiger partial charge in [-0.1, -0.05) is 48.0 Å². The van der Waals surface area contributed by atoms with E-state index < -0.39 is 0 Å². The zero-order chi connectivity index (χ0) is 16.7. The third kappa shape index (κ3) is 5.61. The normalized spacial score (nSPS) is 11.8. The summed E-state index contributed by atoms with van der Waals surface area (Å²) in [4.78, 5) is 12.0. The number of carbonyl (C=O) groups is 1. The number of amides is 1. The largest absolute Gasteiger partial charge is 0.491 e. The molecule has 0 aromatic heterocycles. The molecule has 0 aliphatic heterocycles. The summed E-state index contributed by atoms with van der Waals surface area (Å²) in [5.74, 6) is 0.857. The topological polar surface area (TPSA) is 38.3 Å². The van der Waals surface area contributed by atoms with Gasteiger partial charge in [0.2, 0.25) is 5.91 Å². The Kier molecular flexibility index (Phi) is 6.48. The van der Waals surface area contributed by atoms with Gasteiger partial charge in [-0.2, -0.15) is 0 Å². The Morgan fingerprint density at radius 3 is 2.61 bits per heavy atom. The molecule has 1 atom stereocenters. The molecular formula is C19H22ClNO2.